The lowest BCUT2D eigenvalue weighted by atomic mass is 9.74. The summed E-state index contributed by atoms with van der Waals surface area (Å²) in [5.74, 6) is 7.53. The number of hydrogen-bond donors (Lipinski definition) is 0. The Morgan fingerprint density at radius 1 is 0.284 bits per heavy atom. The Kier molecular flexibility index (Phi) is 12.0. The van der Waals surface area contributed by atoms with Crippen LogP contribution >= 0.6 is 0 Å². The second-order valence-electron chi connectivity index (χ2n) is 20.9. The fourth-order valence-corrected chi connectivity index (χ4v) is 13.0. The van der Waals surface area contributed by atoms with Crippen molar-refractivity contribution < 1.29 is 56.8 Å². The van der Waals surface area contributed by atoms with Crippen LogP contribution in [0.5, 0.6) is 69.0 Å². The minimum Gasteiger partial charge on any atom is -0.488 e. The van der Waals surface area contributed by atoms with Gasteiger partial charge in [0.1, 0.15) is 95.4 Å². The SMILES string of the molecule is CCCC1c2cc3c4c5c2OCOc2c1cc1c(c2COc2cc(C)cc(c2)OC5)OCOc2c(cc5c6c2COc2cc(C)cc(c2)OCc2c(c(cc(c2OCO4)C3CCC)C5CCC)OCO6)C1CCC. The zero-order valence-corrected chi connectivity index (χ0v) is 43.3. The van der Waals surface area contributed by atoms with E-state index in [1.807, 2.05) is 36.4 Å². The van der Waals surface area contributed by atoms with Crippen molar-refractivity contribution in [1.82, 2.24) is 0 Å². The number of aryl methyl sites for hydroxylation is 2. The number of ether oxygens (including phenoxy) is 12. The van der Waals surface area contributed by atoms with E-state index in [9.17, 15) is 0 Å². The van der Waals surface area contributed by atoms with Crippen LogP contribution in [0.1, 0.15) is 181 Å². The molecule has 14 rings (SSSR count). The van der Waals surface area contributed by atoms with Gasteiger partial charge < -0.3 is 56.8 Å². The van der Waals surface area contributed by atoms with E-state index in [2.05, 4.69) is 65.8 Å². The highest BCUT2D eigenvalue weighted by molar-refractivity contribution is 5.70. The zero-order chi connectivity index (χ0) is 50.2. The molecule has 0 radical (unpaired) electrons. The zero-order valence-electron chi connectivity index (χ0n) is 43.3. The van der Waals surface area contributed by atoms with Crippen LogP contribution in [0.3, 0.4) is 0 Å². The van der Waals surface area contributed by atoms with Crippen LogP contribution in [0.2, 0.25) is 0 Å². The molecule has 6 aromatic carbocycles. The summed E-state index contributed by atoms with van der Waals surface area (Å²) < 4.78 is 83.6. The van der Waals surface area contributed by atoms with E-state index in [1.54, 1.807) is 0 Å². The molecule has 0 N–H and O–H groups in total. The molecule has 74 heavy (non-hydrogen) atoms. The van der Waals surface area contributed by atoms with Gasteiger partial charge in [-0.05, 0) is 99.2 Å². The first-order valence-electron chi connectivity index (χ1n) is 26.9. The molecule has 0 unspecified atom stereocenters. The summed E-state index contributed by atoms with van der Waals surface area (Å²) in [4.78, 5) is 0. The van der Waals surface area contributed by atoms with Gasteiger partial charge in [0.15, 0.2) is 0 Å². The molecule has 0 aliphatic carbocycles. The van der Waals surface area contributed by atoms with Crippen molar-refractivity contribution in [3.63, 3.8) is 0 Å². The number of fused-ring (bicyclic) bond motifs is 12. The topological polar surface area (TPSA) is 111 Å². The van der Waals surface area contributed by atoms with Gasteiger partial charge in [0.25, 0.3) is 0 Å². The van der Waals surface area contributed by atoms with Crippen LogP contribution in [0.4, 0.5) is 0 Å². The molecule has 0 saturated heterocycles. The minimum absolute atomic E-state index is 0.0678. The molecule has 12 nitrogen and oxygen atoms in total. The largest absolute Gasteiger partial charge is 0.488 e. The summed E-state index contributed by atoms with van der Waals surface area (Å²) in [6.07, 6.45) is 6.74. The molecule has 384 valence electrons. The normalized spacial score (nSPS) is 20.0. The molecule has 0 aromatic heterocycles. The van der Waals surface area contributed by atoms with E-state index in [1.165, 1.54) is 0 Å². The first-order chi connectivity index (χ1) is 36.3. The molecule has 12 heteroatoms. The van der Waals surface area contributed by atoms with Gasteiger partial charge in [-0.1, -0.05) is 53.4 Å². The molecule has 0 spiro atoms. The van der Waals surface area contributed by atoms with Crippen molar-refractivity contribution in [2.24, 2.45) is 0 Å². The van der Waals surface area contributed by atoms with E-state index >= 15 is 0 Å². The Labute approximate surface area is 433 Å². The number of rotatable bonds is 8. The molecule has 16 bridgehead atoms. The Balaban J connectivity index is 1.23. The van der Waals surface area contributed by atoms with E-state index in [4.69, 9.17) is 56.8 Å². The van der Waals surface area contributed by atoms with Crippen molar-refractivity contribution in [3.8, 4) is 69.0 Å². The maximum atomic E-state index is 7.04. The maximum Gasteiger partial charge on any atom is 0.230 e. The summed E-state index contributed by atoms with van der Waals surface area (Å²) in [6.45, 7) is 13.4. The molecule has 0 fully saturated rings. The van der Waals surface area contributed by atoms with Crippen molar-refractivity contribution in [1.29, 1.82) is 0 Å². The lowest BCUT2D eigenvalue weighted by Crippen LogP contribution is -2.26. The standard InChI is InChI=1S/C62H64O12/c1-7-11-39-43-21-47-41(13-9-3)49-23-45-40(12-8-2)46-24-50-42(14-10-4)48-22-44(39)56-52-26-64-36-16-33(5)15-35(19-36)63-25-51(55(43)67-29-68-56)59(47)71-31-73-61(49)53-27-65-37-17-34(6)18-38(20-37)66-28-54(58(46)70-30-69-57(45)53)62(50)74-32-72-60(48)52/h15-24,39-42H,7-14,25-32H2,1-6H3. The van der Waals surface area contributed by atoms with Crippen LogP contribution in [0.15, 0.2) is 60.7 Å². The molecular formula is C62H64O12. The predicted octanol–water partition coefficient (Wildman–Crippen LogP) is 14.2. The molecule has 0 atom stereocenters. The van der Waals surface area contributed by atoms with Crippen LogP contribution in [0.25, 0.3) is 0 Å². The highest BCUT2D eigenvalue weighted by atomic mass is 16.7. The van der Waals surface area contributed by atoms with Gasteiger partial charge in [0, 0.05) is 80.3 Å². The van der Waals surface area contributed by atoms with Crippen LogP contribution in [-0.2, 0) is 26.4 Å². The molecule has 6 aromatic rings. The van der Waals surface area contributed by atoms with Gasteiger partial charge in [-0.25, -0.2) is 0 Å². The average molecular weight is 1000 g/mol. The lowest BCUT2D eigenvalue weighted by molar-refractivity contribution is 0.0891. The fourth-order valence-electron chi connectivity index (χ4n) is 13.0. The van der Waals surface area contributed by atoms with Crippen molar-refractivity contribution >= 4 is 0 Å². The second-order valence-corrected chi connectivity index (χ2v) is 20.9. The third-order valence-electron chi connectivity index (χ3n) is 16.1. The summed E-state index contributed by atoms with van der Waals surface area (Å²) in [5.41, 5.74) is 13.7. The van der Waals surface area contributed by atoms with Crippen LogP contribution in [0, 0.1) is 13.8 Å². The third-order valence-corrected chi connectivity index (χ3v) is 16.1. The van der Waals surface area contributed by atoms with Crippen molar-refractivity contribution in [2.45, 2.75) is 143 Å². The highest BCUT2D eigenvalue weighted by Crippen LogP contribution is 2.59. The van der Waals surface area contributed by atoms with E-state index in [0.717, 1.165) is 129 Å². The summed E-state index contributed by atoms with van der Waals surface area (Å²) in [7, 11) is 0. The van der Waals surface area contributed by atoms with Gasteiger partial charge in [0.2, 0.25) is 27.2 Å². The first kappa shape index (κ1) is 46.7. The van der Waals surface area contributed by atoms with Gasteiger partial charge in [-0.2, -0.15) is 0 Å². The molecule has 8 aliphatic rings. The predicted molar refractivity (Wildman–Crippen MR) is 277 cm³/mol. The number of benzene rings is 6. The Morgan fingerprint density at radius 2 is 0.486 bits per heavy atom. The van der Waals surface area contributed by atoms with Crippen LogP contribution in [-0.4, -0.2) is 27.2 Å². The van der Waals surface area contributed by atoms with E-state index in [-0.39, 0.29) is 77.3 Å². The lowest BCUT2D eigenvalue weighted by Gasteiger charge is -2.37. The fraction of sp³-hybridized carbons (Fsp3) is 0.419. The second kappa shape index (κ2) is 19.0. The third kappa shape index (κ3) is 7.76. The highest BCUT2D eigenvalue weighted by Gasteiger charge is 2.42. The van der Waals surface area contributed by atoms with Gasteiger partial charge >= 0.3 is 0 Å². The Morgan fingerprint density at radius 3 is 0.676 bits per heavy atom. The van der Waals surface area contributed by atoms with Gasteiger partial charge in [-0.15, -0.1) is 0 Å². The monoisotopic (exact) mass is 1000 g/mol. The quantitative estimate of drug-likeness (QED) is 0.145. The summed E-state index contributed by atoms with van der Waals surface area (Å²) in [5, 5.41) is 0. The first-order valence-corrected chi connectivity index (χ1v) is 26.9. The Hall–Kier alpha value is -7.08. The molecule has 8 aliphatic heterocycles. The maximum absolute atomic E-state index is 7.04. The number of hydrogen-bond acceptors (Lipinski definition) is 12. The van der Waals surface area contributed by atoms with Gasteiger partial charge in [0.05, 0.1) is 22.3 Å². The summed E-state index contributed by atoms with van der Waals surface area (Å²) in [6, 6.07) is 21.6. The molecule has 8 heterocycles. The Bertz CT molecular complexity index is 2810. The van der Waals surface area contributed by atoms with Crippen LogP contribution < -0.4 is 56.8 Å². The molecular weight excluding hydrogens is 937 g/mol. The van der Waals surface area contributed by atoms with E-state index < -0.39 is 0 Å². The minimum atomic E-state index is -0.197. The smallest absolute Gasteiger partial charge is 0.230 e. The summed E-state index contributed by atoms with van der Waals surface area (Å²) >= 11 is 0. The molecule has 0 saturated carbocycles. The van der Waals surface area contributed by atoms with E-state index in [0.29, 0.717) is 69.0 Å². The average Bonchev–Trinajstić information content (AvgIpc) is 3.38. The van der Waals surface area contributed by atoms with Crippen molar-refractivity contribution in [3.05, 3.63) is 139 Å². The molecule has 0 amide bonds. The van der Waals surface area contributed by atoms with Gasteiger partial charge in [-0.3, -0.25) is 0 Å². The van der Waals surface area contributed by atoms with Crippen molar-refractivity contribution in [2.75, 3.05) is 27.2 Å².